The van der Waals surface area contributed by atoms with Crippen LogP contribution in [-0.2, 0) is 4.79 Å². The van der Waals surface area contributed by atoms with Crippen molar-refractivity contribution in [2.75, 3.05) is 11.1 Å². The lowest BCUT2D eigenvalue weighted by molar-refractivity contribution is -0.113. The number of carbonyl (C=O) groups is 1. The van der Waals surface area contributed by atoms with Gasteiger partial charge in [-0.05, 0) is 36.8 Å². The number of thioether (sulfide) groups is 1. The zero-order valence-corrected chi connectivity index (χ0v) is 15.5. The number of carbonyl (C=O) groups excluding carboxylic acids is 1. The minimum absolute atomic E-state index is 0.151. The van der Waals surface area contributed by atoms with E-state index in [1.54, 1.807) is 18.2 Å². The molecule has 0 bridgehead atoms. The number of aryl methyl sites for hydroxylation is 1. The number of amides is 1. The van der Waals surface area contributed by atoms with E-state index in [-0.39, 0.29) is 11.7 Å². The van der Waals surface area contributed by atoms with Crippen LogP contribution in [0.3, 0.4) is 0 Å². The Labute approximate surface area is 156 Å². The molecule has 1 N–H and O–H groups in total. The molecular weight excluding hydrogens is 389 g/mol. The van der Waals surface area contributed by atoms with Gasteiger partial charge in [0, 0.05) is 10.7 Å². The molecule has 0 saturated heterocycles. The Hall–Kier alpha value is -1.54. The Morgan fingerprint density at radius 2 is 2.12 bits per heavy atom. The standard InChI is InChI=1S/C15H11Cl2N3O2S2/c1-8-2-3-9(6-10(8)16)18-13(21)7-23-15-20-19-14(22-15)11-4-5-12(17)24-11/h2-6H,7H2,1H3,(H,18,21). The molecule has 0 unspecified atom stereocenters. The van der Waals surface area contributed by atoms with E-state index in [9.17, 15) is 4.79 Å². The van der Waals surface area contributed by atoms with Crippen LogP contribution in [0.1, 0.15) is 5.56 Å². The predicted molar refractivity (Wildman–Crippen MR) is 98.2 cm³/mol. The van der Waals surface area contributed by atoms with Gasteiger partial charge in [0.1, 0.15) is 0 Å². The zero-order valence-electron chi connectivity index (χ0n) is 12.4. The maximum Gasteiger partial charge on any atom is 0.277 e. The van der Waals surface area contributed by atoms with Gasteiger partial charge in [0.2, 0.25) is 5.91 Å². The number of rotatable bonds is 5. The number of halogens is 2. The summed E-state index contributed by atoms with van der Waals surface area (Å²) < 4.78 is 6.16. The van der Waals surface area contributed by atoms with Crippen molar-refractivity contribution >= 4 is 57.9 Å². The summed E-state index contributed by atoms with van der Waals surface area (Å²) in [7, 11) is 0. The van der Waals surface area contributed by atoms with Gasteiger partial charge < -0.3 is 9.73 Å². The number of hydrogen-bond acceptors (Lipinski definition) is 6. The second-order valence-electron chi connectivity index (χ2n) is 4.78. The second kappa shape index (κ2) is 7.57. The van der Waals surface area contributed by atoms with Gasteiger partial charge in [-0.2, -0.15) is 0 Å². The molecule has 24 heavy (non-hydrogen) atoms. The number of nitrogens with one attached hydrogen (secondary N) is 1. The highest BCUT2D eigenvalue weighted by molar-refractivity contribution is 7.99. The predicted octanol–water partition coefficient (Wildman–Crippen LogP) is 5.14. The average molecular weight is 400 g/mol. The monoisotopic (exact) mass is 399 g/mol. The molecule has 1 aromatic carbocycles. The molecular formula is C15H11Cl2N3O2S2. The lowest BCUT2D eigenvalue weighted by atomic mass is 10.2. The van der Waals surface area contributed by atoms with Gasteiger partial charge in [-0.15, -0.1) is 21.5 Å². The summed E-state index contributed by atoms with van der Waals surface area (Å²) in [6, 6.07) is 8.93. The van der Waals surface area contributed by atoms with Crippen molar-refractivity contribution in [3.63, 3.8) is 0 Å². The van der Waals surface area contributed by atoms with Gasteiger partial charge in [0.15, 0.2) is 0 Å². The molecule has 1 amide bonds. The van der Waals surface area contributed by atoms with Crippen LogP contribution in [0, 0.1) is 6.92 Å². The summed E-state index contributed by atoms with van der Waals surface area (Å²) in [5.74, 6) is 0.358. The fourth-order valence-electron chi connectivity index (χ4n) is 1.79. The average Bonchev–Trinajstić information content (AvgIpc) is 3.18. The number of aromatic nitrogens is 2. The molecule has 0 spiro atoms. The van der Waals surface area contributed by atoms with Crippen LogP contribution in [0.4, 0.5) is 5.69 Å². The van der Waals surface area contributed by atoms with E-state index in [4.69, 9.17) is 27.6 Å². The summed E-state index contributed by atoms with van der Waals surface area (Å²) in [5, 5.41) is 11.6. The van der Waals surface area contributed by atoms with Crippen LogP contribution >= 0.6 is 46.3 Å². The highest BCUT2D eigenvalue weighted by atomic mass is 35.5. The Balaban J connectivity index is 1.56. The fourth-order valence-corrected chi connectivity index (χ4v) is 3.50. The number of anilines is 1. The van der Waals surface area contributed by atoms with E-state index in [0.717, 1.165) is 22.2 Å². The molecule has 0 aliphatic heterocycles. The summed E-state index contributed by atoms with van der Waals surface area (Å²) in [6.45, 7) is 1.90. The summed E-state index contributed by atoms with van der Waals surface area (Å²) in [4.78, 5) is 12.8. The van der Waals surface area contributed by atoms with E-state index in [1.165, 1.54) is 11.3 Å². The van der Waals surface area contributed by atoms with Crippen molar-refractivity contribution in [2.45, 2.75) is 12.1 Å². The smallest absolute Gasteiger partial charge is 0.277 e. The van der Waals surface area contributed by atoms with Gasteiger partial charge in [-0.3, -0.25) is 4.79 Å². The molecule has 0 radical (unpaired) electrons. The molecule has 5 nitrogen and oxygen atoms in total. The van der Waals surface area contributed by atoms with Crippen LogP contribution in [0.15, 0.2) is 40.0 Å². The van der Waals surface area contributed by atoms with Gasteiger partial charge in [0.05, 0.1) is 15.0 Å². The van der Waals surface area contributed by atoms with Crippen molar-refractivity contribution in [3.05, 3.63) is 45.3 Å². The first-order valence-corrected chi connectivity index (χ1v) is 9.35. The van der Waals surface area contributed by atoms with Crippen LogP contribution < -0.4 is 5.32 Å². The van der Waals surface area contributed by atoms with E-state index in [2.05, 4.69) is 15.5 Å². The third kappa shape index (κ3) is 4.30. The van der Waals surface area contributed by atoms with Gasteiger partial charge in [-0.25, -0.2) is 0 Å². The second-order valence-corrected chi connectivity index (χ2v) is 7.83. The first-order chi connectivity index (χ1) is 11.5. The van der Waals surface area contributed by atoms with Crippen LogP contribution in [0.2, 0.25) is 9.36 Å². The van der Waals surface area contributed by atoms with Crippen LogP contribution in [0.5, 0.6) is 0 Å². The van der Waals surface area contributed by atoms with E-state index >= 15 is 0 Å². The Morgan fingerprint density at radius 1 is 1.29 bits per heavy atom. The molecule has 0 atom stereocenters. The Kier molecular flexibility index (Phi) is 5.45. The van der Waals surface area contributed by atoms with Gasteiger partial charge in [0.25, 0.3) is 11.1 Å². The molecule has 0 aliphatic carbocycles. The quantitative estimate of drug-likeness (QED) is 0.601. The Bertz CT molecular complexity index is 879. The number of thiophene rings is 1. The van der Waals surface area contributed by atoms with Gasteiger partial charge >= 0.3 is 0 Å². The van der Waals surface area contributed by atoms with E-state index in [1.807, 2.05) is 19.1 Å². The van der Waals surface area contributed by atoms with E-state index < -0.39 is 0 Å². The third-order valence-corrected chi connectivity index (χ3v) is 5.42. The normalized spacial score (nSPS) is 10.8. The molecule has 3 aromatic rings. The van der Waals surface area contributed by atoms with Crippen LogP contribution in [-0.4, -0.2) is 21.9 Å². The van der Waals surface area contributed by atoms with Crippen molar-refractivity contribution in [2.24, 2.45) is 0 Å². The SMILES string of the molecule is Cc1ccc(NC(=O)CSc2nnc(-c3ccc(Cl)s3)o2)cc1Cl. The minimum Gasteiger partial charge on any atom is -0.410 e. The van der Waals surface area contributed by atoms with Crippen LogP contribution in [0.25, 0.3) is 10.8 Å². The molecule has 2 aromatic heterocycles. The number of nitrogens with zero attached hydrogens (tertiary/aromatic N) is 2. The largest absolute Gasteiger partial charge is 0.410 e. The number of benzene rings is 1. The zero-order chi connectivity index (χ0) is 17.1. The lowest BCUT2D eigenvalue weighted by Crippen LogP contribution is -2.14. The van der Waals surface area contributed by atoms with Crippen molar-refractivity contribution < 1.29 is 9.21 Å². The lowest BCUT2D eigenvalue weighted by Gasteiger charge is -2.05. The van der Waals surface area contributed by atoms with Crippen molar-refractivity contribution in [1.29, 1.82) is 0 Å². The van der Waals surface area contributed by atoms with Gasteiger partial charge in [-0.1, -0.05) is 41.0 Å². The molecule has 3 rings (SSSR count). The molecule has 124 valence electrons. The first kappa shape index (κ1) is 17.3. The maximum absolute atomic E-state index is 12.0. The van der Waals surface area contributed by atoms with Crippen molar-refractivity contribution in [3.8, 4) is 10.8 Å². The molecule has 0 fully saturated rings. The summed E-state index contributed by atoms with van der Waals surface area (Å²) >= 11 is 14.4. The molecule has 2 heterocycles. The highest BCUT2D eigenvalue weighted by Gasteiger charge is 2.13. The van der Waals surface area contributed by atoms with Crippen molar-refractivity contribution in [1.82, 2.24) is 10.2 Å². The topological polar surface area (TPSA) is 68.0 Å². The Morgan fingerprint density at radius 3 is 2.83 bits per heavy atom. The third-order valence-electron chi connectivity index (χ3n) is 2.97. The minimum atomic E-state index is -0.182. The maximum atomic E-state index is 12.0. The molecule has 0 saturated carbocycles. The van der Waals surface area contributed by atoms with E-state index in [0.29, 0.717) is 26.2 Å². The molecule has 9 heteroatoms. The highest BCUT2D eigenvalue weighted by Crippen LogP contribution is 2.31. The summed E-state index contributed by atoms with van der Waals surface area (Å²) in [6.07, 6.45) is 0. The first-order valence-electron chi connectivity index (χ1n) is 6.79. The fraction of sp³-hybridized carbons (Fsp3) is 0.133. The number of hydrogen-bond donors (Lipinski definition) is 1. The summed E-state index contributed by atoms with van der Waals surface area (Å²) in [5.41, 5.74) is 1.60. The molecule has 0 aliphatic rings.